The molecule has 1 aromatic heterocycles. The van der Waals surface area contributed by atoms with E-state index in [2.05, 4.69) is 11.1 Å². The molecule has 0 bridgehead atoms. The molecule has 2 atom stereocenters. The van der Waals surface area contributed by atoms with Crippen LogP contribution in [0.3, 0.4) is 0 Å². The molecule has 180 valence electrons. The molecule has 0 unspecified atom stereocenters. The summed E-state index contributed by atoms with van der Waals surface area (Å²) in [4.78, 5) is 19.3. The molecule has 35 heavy (non-hydrogen) atoms. The number of cyclic esters (lactones) is 1. The number of amides is 1. The summed E-state index contributed by atoms with van der Waals surface area (Å²) in [6.07, 6.45) is 2.20. The quantitative estimate of drug-likeness (QED) is 0.391. The number of carbonyl (C=O) groups excluding carboxylic acids is 1. The zero-order chi connectivity index (χ0) is 25.2. The van der Waals surface area contributed by atoms with Crippen LogP contribution in [0.4, 0.5) is 9.18 Å². The van der Waals surface area contributed by atoms with Crippen molar-refractivity contribution in [3.63, 3.8) is 0 Å². The highest BCUT2D eigenvalue weighted by Gasteiger charge is 2.46. The lowest BCUT2D eigenvalue weighted by Crippen LogP contribution is -2.50. The number of pyridine rings is 1. The lowest BCUT2D eigenvalue weighted by atomic mass is 9.75. The van der Waals surface area contributed by atoms with Gasteiger partial charge in [-0.1, -0.05) is 36.4 Å². The molecule has 5 nitrogen and oxygen atoms in total. The van der Waals surface area contributed by atoms with Crippen molar-refractivity contribution >= 4 is 6.09 Å². The fraction of sp³-hybridized carbons (Fsp3) is 0.345. The van der Waals surface area contributed by atoms with Crippen LogP contribution in [0.25, 0.3) is 11.1 Å². The van der Waals surface area contributed by atoms with Crippen molar-refractivity contribution in [1.82, 2.24) is 9.88 Å². The maximum atomic E-state index is 13.6. The van der Waals surface area contributed by atoms with E-state index >= 15 is 0 Å². The predicted octanol–water partition coefficient (Wildman–Crippen LogP) is 6.93. The van der Waals surface area contributed by atoms with E-state index in [0.717, 1.165) is 22.4 Å². The van der Waals surface area contributed by atoms with Crippen LogP contribution in [0.1, 0.15) is 56.5 Å². The van der Waals surface area contributed by atoms with E-state index in [9.17, 15) is 14.4 Å². The smallest absolute Gasteiger partial charge is 0.411 e. The maximum absolute atomic E-state index is 13.6. The number of nitrogens with zero attached hydrogens (tertiary/aromatic N) is 3. The first-order valence-electron chi connectivity index (χ1n) is 11.8. The molecule has 2 heterocycles. The van der Waals surface area contributed by atoms with Gasteiger partial charge >= 0.3 is 6.09 Å². The van der Waals surface area contributed by atoms with E-state index < -0.39 is 17.1 Å². The molecule has 6 heteroatoms. The van der Waals surface area contributed by atoms with Crippen LogP contribution in [0.15, 0.2) is 66.9 Å². The molecular weight excluding hydrogens is 441 g/mol. The lowest BCUT2D eigenvalue weighted by molar-refractivity contribution is -0.0770. The number of carbonyl (C=O) groups is 1. The molecule has 1 saturated heterocycles. The first-order chi connectivity index (χ1) is 16.6. The third kappa shape index (κ3) is 5.19. The summed E-state index contributed by atoms with van der Waals surface area (Å²) in [6.45, 7) is 8.06. The van der Waals surface area contributed by atoms with Crippen LogP contribution in [-0.4, -0.2) is 22.5 Å². The van der Waals surface area contributed by atoms with Gasteiger partial charge in [0, 0.05) is 31.3 Å². The Balaban J connectivity index is 1.56. The minimum atomic E-state index is -0.983. The van der Waals surface area contributed by atoms with Gasteiger partial charge in [-0.15, -0.1) is 0 Å². The normalized spacial score (nSPS) is 19.1. The largest absolute Gasteiger partial charge is 0.438 e. The van der Waals surface area contributed by atoms with Gasteiger partial charge in [-0.25, -0.2) is 9.18 Å². The van der Waals surface area contributed by atoms with Crippen LogP contribution in [0.5, 0.6) is 0 Å². The van der Waals surface area contributed by atoms with E-state index in [0.29, 0.717) is 24.9 Å². The molecule has 1 aliphatic heterocycles. The Kier molecular flexibility index (Phi) is 6.62. The number of aryl methyl sites for hydroxylation is 1. The van der Waals surface area contributed by atoms with Crippen molar-refractivity contribution in [1.29, 1.82) is 5.26 Å². The Morgan fingerprint density at radius 1 is 1.14 bits per heavy atom. The molecule has 3 aromatic rings. The number of ether oxygens (including phenoxy) is 1. The molecule has 4 rings (SSSR count). The number of hydrogen-bond donors (Lipinski definition) is 0. The zero-order valence-electron chi connectivity index (χ0n) is 20.6. The summed E-state index contributed by atoms with van der Waals surface area (Å²) in [5.41, 5.74) is 3.15. The second kappa shape index (κ2) is 9.50. The number of halogens is 1. The Bertz CT molecular complexity index is 1250. The van der Waals surface area contributed by atoms with Crippen molar-refractivity contribution in [2.75, 3.05) is 6.54 Å². The predicted molar refractivity (Wildman–Crippen MR) is 133 cm³/mol. The van der Waals surface area contributed by atoms with E-state index in [4.69, 9.17) is 4.74 Å². The average Bonchev–Trinajstić information content (AvgIpc) is 2.84. The summed E-state index contributed by atoms with van der Waals surface area (Å²) in [6, 6.07) is 20.3. The maximum Gasteiger partial charge on any atom is 0.411 e. The molecule has 1 aliphatic rings. The molecule has 0 spiro atoms. The van der Waals surface area contributed by atoms with Crippen molar-refractivity contribution in [2.45, 2.75) is 52.2 Å². The van der Waals surface area contributed by atoms with Gasteiger partial charge in [-0.05, 0) is 74.2 Å². The molecule has 0 radical (unpaired) electrons. The minimum Gasteiger partial charge on any atom is -0.438 e. The summed E-state index contributed by atoms with van der Waals surface area (Å²) in [5, 5.41) is 9.64. The Morgan fingerprint density at radius 3 is 2.43 bits per heavy atom. The molecule has 0 aliphatic carbocycles. The molecule has 1 fully saturated rings. The standard InChI is InChI=1S/C29H30FN3O2/c1-20-17-24(13-15-32-20)23-7-5-22(6-8-23)21(2)33-16-14-29(35-27(33)34,18-28(3,4)19-31)25-9-11-26(30)12-10-25/h5-13,15,17,21H,14,16,18H2,1-4H3/t21-,29-/m0/s1. The van der Waals surface area contributed by atoms with Crippen molar-refractivity contribution < 1.29 is 13.9 Å². The first kappa shape index (κ1) is 24.4. The van der Waals surface area contributed by atoms with Crippen molar-refractivity contribution in [2.24, 2.45) is 5.41 Å². The molecule has 1 amide bonds. The lowest BCUT2D eigenvalue weighted by Gasteiger charge is -2.45. The SMILES string of the molecule is Cc1cc(-c2ccc([C@H](C)N3CC[C@](CC(C)(C)C#N)(c4ccc(F)cc4)OC3=O)cc2)ccn1. The Labute approximate surface area is 206 Å². The molecular formula is C29H30FN3O2. The molecule has 2 aromatic carbocycles. The highest BCUT2D eigenvalue weighted by Crippen LogP contribution is 2.44. The number of nitriles is 1. The van der Waals surface area contributed by atoms with Crippen LogP contribution >= 0.6 is 0 Å². The van der Waals surface area contributed by atoms with Crippen LogP contribution < -0.4 is 0 Å². The average molecular weight is 472 g/mol. The fourth-order valence-corrected chi connectivity index (χ4v) is 4.82. The van der Waals surface area contributed by atoms with Gasteiger partial charge in [0.1, 0.15) is 11.4 Å². The van der Waals surface area contributed by atoms with Gasteiger partial charge in [-0.2, -0.15) is 5.26 Å². The second-order valence-corrected chi connectivity index (χ2v) is 9.97. The highest BCUT2D eigenvalue weighted by atomic mass is 19.1. The van der Waals surface area contributed by atoms with Gasteiger partial charge in [0.25, 0.3) is 0 Å². The number of rotatable bonds is 6. The summed E-state index contributed by atoms with van der Waals surface area (Å²) in [5.74, 6) is -0.355. The van der Waals surface area contributed by atoms with E-state index in [1.54, 1.807) is 23.2 Å². The van der Waals surface area contributed by atoms with Crippen LogP contribution in [0.2, 0.25) is 0 Å². The van der Waals surface area contributed by atoms with E-state index in [-0.39, 0.29) is 11.9 Å². The number of hydrogen-bond acceptors (Lipinski definition) is 4. The second-order valence-electron chi connectivity index (χ2n) is 9.97. The van der Waals surface area contributed by atoms with Crippen molar-refractivity contribution in [3.05, 3.63) is 89.5 Å². The van der Waals surface area contributed by atoms with Gasteiger partial charge in [-0.3, -0.25) is 4.98 Å². The monoisotopic (exact) mass is 471 g/mol. The van der Waals surface area contributed by atoms with Gasteiger partial charge in [0.2, 0.25) is 0 Å². The van der Waals surface area contributed by atoms with E-state index in [1.165, 1.54) is 12.1 Å². The summed E-state index contributed by atoms with van der Waals surface area (Å²) in [7, 11) is 0. The Morgan fingerprint density at radius 2 is 1.83 bits per heavy atom. The summed E-state index contributed by atoms with van der Waals surface area (Å²) >= 11 is 0. The van der Waals surface area contributed by atoms with E-state index in [1.807, 2.05) is 64.1 Å². The van der Waals surface area contributed by atoms with Crippen LogP contribution in [0, 0.1) is 29.5 Å². The number of benzene rings is 2. The van der Waals surface area contributed by atoms with Gasteiger partial charge < -0.3 is 9.64 Å². The molecule has 0 N–H and O–H groups in total. The topological polar surface area (TPSA) is 66.2 Å². The highest BCUT2D eigenvalue weighted by molar-refractivity contribution is 5.70. The van der Waals surface area contributed by atoms with Crippen LogP contribution in [-0.2, 0) is 10.3 Å². The number of aromatic nitrogens is 1. The van der Waals surface area contributed by atoms with Gasteiger partial charge in [0.05, 0.1) is 17.5 Å². The van der Waals surface area contributed by atoms with Gasteiger partial charge in [0.15, 0.2) is 0 Å². The minimum absolute atomic E-state index is 0.189. The van der Waals surface area contributed by atoms with Crippen molar-refractivity contribution in [3.8, 4) is 17.2 Å². The first-order valence-corrected chi connectivity index (χ1v) is 11.8. The third-order valence-corrected chi connectivity index (χ3v) is 6.76. The Hall–Kier alpha value is -3.72. The fourth-order valence-electron chi connectivity index (χ4n) is 4.82. The zero-order valence-corrected chi connectivity index (χ0v) is 20.6. The third-order valence-electron chi connectivity index (χ3n) is 6.76. The summed E-state index contributed by atoms with van der Waals surface area (Å²) < 4.78 is 19.7. The molecule has 0 saturated carbocycles.